The van der Waals surface area contributed by atoms with E-state index < -0.39 is 4.92 Å². The summed E-state index contributed by atoms with van der Waals surface area (Å²) in [5, 5.41) is 28.8. The molecule has 0 bridgehead atoms. The second kappa shape index (κ2) is 7.89. The van der Waals surface area contributed by atoms with Crippen molar-refractivity contribution in [3.63, 3.8) is 0 Å². The van der Waals surface area contributed by atoms with Gasteiger partial charge in [0.25, 0.3) is 0 Å². The Labute approximate surface area is 123 Å². The van der Waals surface area contributed by atoms with E-state index in [0.29, 0.717) is 17.7 Å². The third-order valence-corrected chi connectivity index (χ3v) is 3.05. The molecule has 0 unspecified atom stereocenters. The van der Waals surface area contributed by atoms with Crippen LogP contribution in [-0.2, 0) is 12.8 Å². The molecule has 0 fully saturated rings. The molecular formula is C16H19NO4. The van der Waals surface area contributed by atoms with Crippen molar-refractivity contribution in [3.8, 4) is 11.5 Å². The molecule has 0 saturated carbocycles. The van der Waals surface area contributed by atoms with Crippen LogP contribution in [0.25, 0.3) is 0 Å². The molecule has 0 aromatic heterocycles. The Hall–Kier alpha value is -2.56. The molecule has 0 spiro atoms. The van der Waals surface area contributed by atoms with Crippen molar-refractivity contribution >= 4 is 5.69 Å². The molecule has 0 aliphatic rings. The highest BCUT2D eigenvalue weighted by molar-refractivity contribution is 5.50. The van der Waals surface area contributed by atoms with Crippen molar-refractivity contribution in [2.75, 3.05) is 0 Å². The van der Waals surface area contributed by atoms with E-state index in [1.807, 2.05) is 32.0 Å². The van der Waals surface area contributed by atoms with Crippen molar-refractivity contribution in [2.45, 2.75) is 26.7 Å². The minimum atomic E-state index is -0.589. The molecule has 2 aromatic rings. The molecule has 0 atom stereocenters. The number of benzene rings is 2. The SMILES string of the molecule is CCc1cccc([N+](=O)[O-])c1O.CCc1ccccc1O. The third-order valence-electron chi connectivity index (χ3n) is 3.05. The topological polar surface area (TPSA) is 83.6 Å². The average Bonchev–Trinajstić information content (AvgIpc) is 2.48. The molecule has 0 saturated heterocycles. The van der Waals surface area contributed by atoms with Crippen LogP contribution < -0.4 is 0 Å². The van der Waals surface area contributed by atoms with Gasteiger partial charge in [0.2, 0.25) is 0 Å². The predicted octanol–water partition coefficient (Wildman–Crippen LogP) is 3.82. The fourth-order valence-corrected chi connectivity index (χ4v) is 1.82. The maximum absolute atomic E-state index is 10.3. The van der Waals surface area contributed by atoms with E-state index in [4.69, 9.17) is 5.11 Å². The van der Waals surface area contributed by atoms with Gasteiger partial charge in [0.1, 0.15) is 5.75 Å². The highest BCUT2D eigenvalue weighted by Crippen LogP contribution is 2.29. The van der Waals surface area contributed by atoms with Gasteiger partial charge in [0.15, 0.2) is 5.75 Å². The minimum absolute atomic E-state index is 0.218. The highest BCUT2D eigenvalue weighted by atomic mass is 16.6. The number of nitrogens with zero attached hydrogens (tertiary/aromatic N) is 1. The molecule has 5 nitrogen and oxygen atoms in total. The first-order valence-electron chi connectivity index (χ1n) is 6.73. The molecular weight excluding hydrogens is 270 g/mol. The zero-order chi connectivity index (χ0) is 15.8. The summed E-state index contributed by atoms with van der Waals surface area (Å²) in [4.78, 5) is 9.75. The molecule has 2 rings (SSSR count). The van der Waals surface area contributed by atoms with E-state index in [0.717, 1.165) is 12.0 Å². The van der Waals surface area contributed by atoms with E-state index in [-0.39, 0.29) is 11.4 Å². The summed E-state index contributed by atoms with van der Waals surface area (Å²) in [6.07, 6.45) is 1.49. The molecule has 21 heavy (non-hydrogen) atoms. The van der Waals surface area contributed by atoms with Gasteiger partial charge in [0, 0.05) is 11.6 Å². The van der Waals surface area contributed by atoms with Crippen molar-refractivity contribution in [3.05, 3.63) is 63.7 Å². The Bertz CT molecular complexity index is 611. The zero-order valence-corrected chi connectivity index (χ0v) is 12.1. The smallest absolute Gasteiger partial charge is 0.310 e. The second-order valence-corrected chi connectivity index (χ2v) is 4.38. The van der Waals surface area contributed by atoms with Crippen molar-refractivity contribution in [1.82, 2.24) is 0 Å². The summed E-state index contributed by atoms with van der Waals surface area (Å²) in [7, 11) is 0. The van der Waals surface area contributed by atoms with Crippen LogP contribution in [0.5, 0.6) is 11.5 Å². The van der Waals surface area contributed by atoms with Crippen LogP contribution in [0.3, 0.4) is 0 Å². The van der Waals surface area contributed by atoms with E-state index in [1.165, 1.54) is 6.07 Å². The van der Waals surface area contributed by atoms with E-state index in [2.05, 4.69) is 0 Å². The quantitative estimate of drug-likeness (QED) is 0.664. The number of para-hydroxylation sites is 2. The van der Waals surface area contributed by atoms with Gasteiger partial charge in [-0.05, 0) is 24.5 Å². The van der Waals surface area contributed by atoms with Crippen LogP contribution in [0.15, 0.2) is 42.5 Å². The number of phenolic OH excluding ortho intramolecular Hbond substituents is 2. The van der Waals surface area contributed by atoms with Crippen LogP contribution in [-0.4, -0.2) is 15.1 Å². The van der Waals surface area contributed by atoms with Crippen molar-refractivity contribution < 1.29 is 15.1 Å². The van der Waals surface area contributed by atoms with Crippen LogP contribution >= 0.6 is 0 Å². The molecule has 0 aliphatic carbocycles. The lowest BCUT2D eigenvalue weighted by Gasteiger charge is -2.00. The lowest BCUT2D eigenvalue weighted by molar-refractivity contribution is -0.385. The van der Waals surface area contributed by atoms with E-state index >= 15 is 0 Å². The number of hydrogen-bond acceptors (Lipinski definition) is 4. The summed E-state index contributed by atoms with van der Waals surface area (Å²) in [5.41, 5.74) is 1.39. The maximum Gasteiger partial charge on any atom is 0.310 e. The van der Waals surface area contributed by atoms with Gasteiger partial charge in [-0.3, -0.25) is 10.1 Å². The molecule has 5 heteroatoms. The first kappa shape index (κ1) is 16.5. The fourth-order valence-electron chi connectivity index (χ4n) is 1.82. The van der Waals surface area contributed by atoms with Gasteiger partial charge in [-0.25, -0.2) is 0 Å². The Balaban J connectivity index is 0.000000219. The van der Waals surface area contributed by atoms with Gasteiger partial charge in [0.05, 0.1) is 4.92 Å². The molecule has 0 radical (unpaired) electrons. The van der Waals surface area contributed by atoms with Crippen LogP contribution in [0, 0.1) is 10.1 Å². The minimum Gasteiger partial charge on any atom is -0.508 e. The highest BCUT2D eigenvalue weighted by Gasteiger charge is 2.14. The fraction of sp³-hybridized carbons (Fsp3) is 0.250. The van der Waals surface area contributed by atoms with Gasteiger partial charge >= 0.3 is 5.69 Å². The molecule has 0 amide bonds. The molecule has 0 aliphatic heterocycles. The van der Waals surface area contributed by atoms with E-state index in [1.54, 1.807) is 18.2 Å². The number of rotatable bonds is 3. The van der Waals surface area contributed by atoms with Crippen LogP contribution in [0.4, 0.5) is 5.69 Å². The number of hydrogen-bond donors (Lipinski definition) is 2. The molecule has 2 aromatic carbocycles. The Morgan fingerprint density at radius 1 is 0.952 bits per heavy atom. The molecule has 2 N–H and O–H groups in total. The van der Waals surface area contributed by atoms with Gasteiger partial charge < -0.3 is 10.2 Å². The van der Waals surface area contributed by atoms with E-state index in [9.17, 15) is 15.2 Å². The van der Waals surface area contributed by atoms with Crippen molar-refractivity contribution in [2.24, 2.45) is 0 Å². The average molecular weight is 289 g/mol. The number of nitro groups is 1. The summed E-state index contributed by atoms with van der Waals surface area (Å²) in [5.74, 6) is 0.185. The monoisotopic (exact) mass is 289 g/mol. The lowest BCUT2D eigenvalue weighted by Crippen LogP contribution is -1.91. The van der Waals surface area contributed by atoms with Crippen molar-refractivity contribution in [1.29, 1.82) is 0 Å². The van der Waals surface area contributed by atoms with Gasteiger partial charge in [-0.15, -0.1) is 0 Å². The summed E-state index contributed by atoms with van der Waals surface area (Å²) in [6.45, 7) is 3.85. The zero-order valence-electron chi connectivity index (χ0n) is 12.1. The number of aromatic hydroxyl groups is 2. The Morgan fingerprint density at radius 3 is 2.00 bits per heavy atom. The molecule has 112 valence electrons. The van der Waals surface area contributed by atoms with Gasteiger partial charge in [-0.1, -0.05) is 44.2 Å². The first-order valence-corrected chi connectivity index (χ1v) is 6.73. The van der Waals surface area contributed by atoms with Gasteiger partial charge in [-0.2, -0.15) is 0 Å². The van der Waals surface area contributed by atoms with Crippen LogP contribution in [0.1, 0.15) is 25.0 Å². The largest absolute Gasteiger partial charge is 0.508 e. The number of nitro benzene ring substituents is 1. The summed E-state index contributed by atoms with van der Waals surface area (Å²) < 4.78 is 0. The number of phenols is 2. The summed E-state index contributed by atoms with van der Waals surface area (Å²) >= 11 is 0. The van der Waals surface area contributed by atoms with Crippen LogP contribution in [0.2, 0.25) is 0 Å². The maximum atomic E-state index is 10.3. The predicted molar refractivity (Wildman–Crippen MR) is 81.6 cm³/mol. The molecule has 0 heterocycles. The second-order valence-electron chi connectivity index (χ2n) is 4.38. The Kier molecular flexibility index (Phi) is 6.20. The standard InChI is InChI=1S/C8H9NO3.C8H10O/c1-2-6-4-3-5-7(8(6)10)9(11)12;1-2-7-5-3-4-6-8(7)9/h3-5,10H,2H2,1H3;3-6,9H,2H2,1H3. The lowest BCUT2D eigenvalue weighted by atomic mass is 10.1. The third kappa shape index (κ3) is 4.49. The Morgan fingerprint density at radius 2 is 1.52 bits per heavy atom. The normalized spacial score (nSPS) is 9.62. The number of aryl methyl sites for hydroxylation is 2. The summed E-state index contributed by atoms with van der Waals surface area (Å²) in [6, 6.07) is 11.9. The first-order chi connectivity index (χ1) is 10.0.